The Balaban J connectivity index is 2.45. The average Bonchev–Trinajstić information content (AvgIpc) is 2.53. The molecule has 22 heavy (non-hydrogen) atoms. The van der Waals surface area contributed by atoms with Gasteiger partial charge in [-0.05, 0) is 12.1 Å². The number of aromatic carboxylic acids is 1. The number of carboxylic acids is 1. The van der Waals surface area contributed by atoms with Crippen LogP contribution in [0.3, 0.4) is 0 Å². The van der Waals surface area contributed by atoms with Gasteiger partial charge in [-0.2, -0.15) is 0 Å². The third-order valence-electron chi connectivity index (χ3n) is 3.09. The summed E-state index contributed by atoms with van der Waals surface area (Å²) in [5, 5.41) is 12.4. The molecular weight excluding hydrogens is 286 g/mol. The largest absolute Gasteiger partial charge is 0.497 e. The first-order chi connectivity index (χ1) is 10.6. The molecule has 0 heterocycles. The minimum Gasteiger partial charge on any atom is -0.497 e. The smallest absolute Gasteiger partial charge is 0.341 e. The summed E-state index contributed by atoms with van der Waals surface area (Å²) in [6.07, 6.45) is 0. The molecule has 0 aliphatic rings. The van der Waals surface area contributed by atoms with Gasteiger partial charge < -0.3 is 24.6 Å². The molecular formula is C16H17NO5. The van der Waals surface area contributed by atoms with Crippen molar-refractivity contribution in [2.45, 2.75) is 0 Å². The number of benzene rings is 2. The van der Waals surface area contributed by atoms with Crippen LogP contribution in [0.25, 0.3) is 0 Å². The van der Waals surface area contributed by atoms with E-state index in [9.17, 15) is 9.90 Å². The average molecular weight is 303 g/mol. The Morgan fingerprint density at radius 2 is 1.64 bits per heavy atom. The van der Waals surface area contributed by atoms with E-state index in [4.69, 9.17) is 14.2 Å². The minimum absolute atomic E-state index is 0.0618. The molecule has 0 saturated carbocycles. The maximum absolute atomic E-state index is 11.5. The van der Waals surface area contributed by atoms with E-state index in [2.05, 4.69) is 5.32 Å². The van der Waals surface area contributed by atoms with Crippen LogP contribution in [-0.4, -0.2) is 32.4 Å². The molecule has 0 unspecified atom stereocenters. The Morgan fingerprint density at radius 3 is 2.14 bits per heavy atom. The number of ether oxygens (including phenoxy) is 3. The monoisotopic (exact) mass is 303 g/mol. The highest BCUT2D eigenvalue weighted by Crippen LogP contribution is 2.32. The second kappa shape index (κ2) is 6.71. The molecule has 0 amide bonds. The van der Waals surface area contributed by atoms with E-state index < -0.39 is 5.97 Å². The maximum Gasteiger partial charge on any atom is 0.341 e. The van der Waals surface area contributed by atoms with E-state index >= 15 is 0 Å². The number of rotatable bonds is 6. The zero-order chi connectivity index (χ0) is 16.1. The highest BCUT2D eigenvalue weighted by molar-refractivity contribution is 5.98. The summed E-state index contributed by atoms with van der Waals surface area (Å²) in [5.41, 5.74) is 1.13. The standard InChI is InChI=1S/C16H17NO5/c1-20-11-7-10(8-12(9-11)21-2)17-13-5-4-6-14(22-3)15(13)16(18)19/h4-9,17H,1-3H3,(H,18,19). The van der Waals surface area contributed by atoms with E-state index in [-0.39, 0.29) is 11.3 Å². The van der Waals surface area contributed by atoms with Gasteiger partial charge in [-0.3, -0.25) is 0 Å². The Labute approximate surface area is 128 Å². The van der Waals surface area contributed by atoms with Gasteiger partial charge in [-0.1, -0.05) is 6.07 Å². The van der Waals surface area contributed by atoms with Gasteiger partial charge >= 0.3 is 5.97 Å². The van der Waals surface area contributed by atoms with Gasteiger partial charge in [0.2, 0.25) is 0 Å². The number of carboxylic acid groups (broad SMARTS) is 1. The van der Waals surface area contributed by atoms with Crippen molar-refractivity contribution < 1.29 is 24.1 Å². The molecule has 2 aromatic carbocycles. The van der Waals surface area contributed by atoms with E-state index in [1.54, 1.807) is 50.6 Å². The molecule has 0 saturated heterocycles. The topological polar surface area (TPSA) is 77.0 Å². The molecule has 0 atom stereocenters. The molecule has 0 aliphatic heterocycles. The maximum atomic E-state index is 11.5. The summed E-state index contributed by atoms with van der Waals surface area (Å²) < 4.78 is 15.5. The van der Waals surface area contributed by atoms with Crippen LogP contribution in [0.15, 0.2) is 36.4 Å². The van der Waals surface area contributed by atoms with Gasteiger partial charge in [-0.15, -0.1) is 0 Å². The zero-order valence-corrected chi connectivity index (χ0v) is 12.5. The first kappa shape index (κ1) is 15.5. The highest BCUT2D eigenvalue weighted by atomic mass is 16.5. The van der Waals surface area contributed by atoms with Crippen molar-refractivity contribution in [2.75, 3.05) is 26.6 Å². The van der Waals surface area contributed by atoms with Crippen LogP contribution < -0.4 is 19.5 Å². The second-order valence-corrected chi connectivity index (χ2v) is 4.41. The van der Waals surface area contributed by atoms with Gasteiger partial charge in [0, 0.05) is 23.9 Å². The van der Waals surface area contributed by atoms with Crippen molar-refractivity contribution in [3.63, 3.8) is 0 Å². The summed E-state index contributed by atoms with van der Waals surface area (Å²) >= 11 is 0. The first-order valence-corrected chi connectivity index (χ1v) is 6.49. The van der Waals surface area contributed by atoms with Crippen molar-refractivity contribution >= 4 is 17.3 Å². The minimum atomic E-state index is -1.07. The number of methoxy groups -OCH3 is 3. The Kier molecular flexibility index (Phi) is 4.73. The van der Waals surface area contributed by atoms with E-state index in [0.717, 1.165) is 0 Å². The molecule has 0 bridgehead atoms. The molecule has 0 fully saturated rings. The normalized spacial score (nSPS) is 9.95. The predicted octanol–water partition coefficient (Wildman–Crippen LogP) is 3.15. The predicted molar refractivity (Wildman–Crippen MR) is 82.8 cm³/mol. The molecule has 2 aromatic rings. The number of anilines is 2. The van der Waals surface area contributed by atoms with Crippen molar-refractivity contribution in [1.82, 2.24) is 0 Å². The zero-order valence-electron chi connectivity index (χ0n) is 12.5. The summed E-state index contributed by atoms with van der Waals surface area (Å²) in [6, 6.07) is 10.2. The van der Waals surface area contributed by atoms with Crippen LogP contribution in [0.5, 0.6) is 17.2 Å². The van der Waals surface area contributed by atoms with Gasteiger partial charge in [-0.25, -0.2) is 4.79 Å². The van der Waals surface area contributed by atoms with Crippen LogP contribution in [0, 0.1) is 0 Å². The van der Waals surface area contributed by atoms with Gasteiger partial charge in [0.15, 0.2) is 0 Å². The van der Waals surface area contributed by atoms with Gasteiger partial charge in [0.05, 0.1) is 27.0 Å². The Bertz CT molecular complexity index is 662. The van der Waals surface area contributed by atoms with Gasteiger partial charge in [0.25, 0.3) is 0 Å². The first-order valence-electron chi connectivity index (χ1n) is 6.49. The van der Waals surface area contributed by atoms with Crippen LogP contribution >= 0.6 is 0 Å². The highest BCUT2D eigenvalue weighted by Gasteiger charge is 2.16. The lowest BCUT2D eigenvalue weighted by Gasteiger charge is -2.14. The summed E-state index contributed by atoms with van der Waals surface area (Å²) in [7, 11) is 4.53. The number of hydrogen-bond donors (Lipinski definition) is 2. The van der Waals surface area contributed by atoms with E-state index in [1.807, 2.05) is 0 Å². The molecule has 116 valence electrons. The quantitative estimate of drug-likeness (QED) is 0.853. The fourth-order valence-electron chi connectivity index (χ4n) is 2.06. The summed E-state index contributed by atoms with van der Waals surface area (Å²) in [6.45, 7) is 0. The SMILES string of the molecule is COc1cc(Nc2cccc(OC)c2C(=O)O)cc(OC)c1. The van der Waals surface area contributed by atoms with Crippen molar-refractivity contribution in [1.29, 1.82) is 0 Å². The molecule has 2 rings (SSSR count). The van der Waals surface area contributed by atoms with Crippen LogP contribution in [0.2, 0.25) is 0 Å². The lowest BCUT2D eigenvalue weighted by Crippen LogP contribution is -2.05. The molecule has 0 spiro atoms. The third-order valence-corrected chi connectivity index (χ3v) is 3.09. The van der Waals surface area contributed by atoms with Crippen LogP contribution in [-0.2, 0) is 0 Å². The van der Waals surface area contributed by atoms with Gasteiger partial charge in [0.1, 0.15) is 22.8 Å². The Hall–Kier alpha value is -2.89. The van der Waals surface area contributed by atoms with Crippen molar-refractivity contribution in [3.05, 3.63) is 42.0 Å². The second-order valence-electron chi connectivity index (χ2n) is 4.41. The summed E-state index contributed by atoms with van der Waals surface area (Å²) in [4.78, 5) is 11.5. The van der Waals surface area contributed by atoms with Crippen LogP contribution in [0.1, 0.15) is 10.4 Å². The fraction of sp³-hybridized carbons (Fsp3) is 0.188. The van der Waals surface area contributed by atoms with Crippen molar-refractivity contribution in [3.8, 4) is 17.2 Å². The molecule has 6 heteroatoms. The lowest BCUT2D eigenvalue weighted by atomic mass is 10.1. The summed E-state index contributed by atoms with van der Waals surface area (Å²) in [5.74, 6) is 0.408. The lowest BCUT2D eigenvalue weighted by molar-refractivity contribution is 0.0694. The molecule has 2 N–H and O–H groups in total. The van der Waals surface area contributed by atoms with E-state index in [0.29, 0.717) is 22.9 Å². The number of hydrogen-bond acceptors (Lipinski definition) is 5. The third kappa shape index (κ3) is 3.22. The Morgan fingerprint density at radius 1 is 1.00 bits per heavy atom. The molecule has 6 nitrogen and oxygen atoms in total. The fourth-order valence-corrected chi connectivity index (χ4v) is 2.06. The molecule has 0 aromatic heterocycles. The number of carbonyl (C=O) groups is 1. The number of nitrogens with one attached hydrogen (secondary N) is 1. The van der Waals surface area contributed by atoms with Crippen LogP contribution in [0.4, 0.5) is 11.4 Å². The molecule has 0 radical (unpaired) electrons. The van der Waals surface area contributed by atoms with Crippen molar-refractivity contribution in [2.24, 2.45) is 0 Å². The van der Waals surface area contributed by atoms with E-state index in [1.165, 1.54) is 7.11 Å². The molecule has 0 aliphatic carbocycles.